The van der Waals surface area contributed by atoms with E-state index in [0.29, 0.717) is 19.8 Å². The standard InChI is InChI=1S/3C18H38O.Al/c3*1-2-3-4-5-6-7-8-9-10-11-12-13-14-15-16-17-18-19;/h3*19H,2-18H2,1H3;. The molecule has 3 nitrogen and oxygen atoms in total. The average Bonchev–Trinajstić information content (AvgIpc) is 3.23. The van der Waals surface area contributed by atoms with Gasteiger partial charge in [0.2, 0.25) is 0 Å². The second-order valence-electron chi connectivity index (χ2n) is 18.1. The maximum absolute atomic E-state index is 8.67. The average molecular weight is 838 g/mol. The molecule has 0 fully saturated rings. The first-order valence-electron chi connectivity index (χ1n) is 27.1. The fourth-order valence-corrected chi connectivity index (χ4v) is 7.98. The van der Waals surface area contributed by atoms with Gasteiger partial charge in [-0.15, -0.1) is 0 Å². The van der Waals surface area contributed by atoms with Crippen LogP contribution in [0.2, 0.25) is 0 Å². The summed E-state index contributed by atoms with van der Waals surface area (Å²) in [4.78, 5) is 0. The number of hydrogen-bond acceptors (Lipinski definition) is 3. The fraction of sp³-hybridized carbons (Fsp3) is 1.00. The van der Waals surface area contributed by atoms with E-state index in [9.17, 15) is 0 Å². The van der Waals surface area contributed by atoms with E-state index in [2.05, 4.69) is 20.8 Å². The molecule has 0 aliphatic heterocycles. The van der Waals surface area contributed by atoms with Crippen LogP contribution in [-0.4, -0.2) is 52.5 Å². The number of unbranched alkanes of at least 4 members (excludes halogenated alkanes) is 45. The van der Waals surface area contributed by atoms with Crippen LogP contribution < -0.4 is 0 Å². The number of aliphatic hydroxyl groups is 3. The van der Waals surface area contributed by atoms with Crippen molar-refractivity contribution in [3.05, 3.63) is 0 Å². The van der Waals surface area contributed by atoms with Crippen LogP contribution in [-0.2, 0) is 0 Å². The molecule has 0 rings (SSSR count). The summed E-state index contributed by atoms with van der Waals surface area (Å²) >= 11 is 0. The molecule has 4 heteroatoms. The summed E-state index contributed by atoms with van der Waals surface area (Å²) in [5.41, 5.74) is 0. The van der Waals surface area contributed by atoms with E-state index in [4.69, 9.17) is 15.3 Å². The Balaban J connectivity index is -0.000000374. The molecule has 0 heterocycles. The van der Waals surface area contributed by atoms with Gasteiger partial charge in [-0.2, -0.15) is 0 Å². The second-order valence-corrected chi connectivity index (χ2v) is 18.1. The zero-order chi connectivity index (χ0) is 42.1. The van der Waals surface area contributed by atoms with E-state index < -0.39 is 0 Å². The molecule has 0 bridgehead atoms. The third-order valence-corrected chi connectivity index (χ3v) is 12.0. The quantitative estimate of drug-likeness (QED) is 0.0423. The van der Waals surface area contributed by atoms with E-state index in [1.54, 1.807) is 0 Å². The third kappa shape index (κ3) is 73.9. The molecule has 0 aliphatic rings. The maximum atomic E-state index is 8.67. The minimum absolute atomic E-state index is 0. The molecule has 0 aromatic heterocycles. The highest BCUT2D eigenvalue weighted by molar-refractivity contribution is 5.75. The van der Waals surface area contributed by atoms with Crippen LogP contribution >= 0.6 is 0 Å². The van der Waals surface area contributed by atoms with E-state index in [0.717, 1.165) is 19.3 Å². The van der Waals surface area contributed by atoms with E-state index in [-0.39, 0.29) is 17.4 Å². The van der Waals surface area contributed by atoms with Crippen molar-refractivity contribution in [1.82, 2.24) is 0 Å². The van der Waals surface area contributed by atoms with Gasteiger partial charge >= 0.3 is 0 Å². The van der Waals surface area contributed by atoms with Crippen LogP contribution in [0.3, 0.4) is 0 Å². The van der Waals surface area contributed by atoms with Gasteiger partial charge in [-0.25, -0.2) is 0 Å². The van der Waals surface area contributed by atoms with Gasteiger partial charge in [-0.05, 0) is 19.3 Å². The molecule has 0 unspecified atom stereocenters. The maximum Gasteiger partial charge on any atom is 0.0431 e. The van der Waals surface area contributed by atoms with Crippen LogP contribution in [0.4, 0.5) is 0 Å². The zero-order valence-corrected chi connectivity index (χ0v) is 42.1. The molecule has 0 spiro atoms. The molecule has 0 saturated carbocycles. The summed E-state index contributed by atoms with van der Waals surface area (Å²) in [6.45, 7) is 7.97. The molecule has 0 saturated heterocycles. The Bertz CT molecular complexity index is 474. The van der Waals surface area contributed by atoms with Crippen molar-refractivity contribution in [1.29, 1.82) is 0 Å². The fourth-order valence-electron chi connectivity index (χ4n) is 7.98. The van der Waals surface area contributed by atoms with Gasteiger partial charge in [0.25, 0.3) is 0 Å². The van der Waals surface area contributed by atoms with Gasteiger partial charge in [0.05, 0.1) is 0 Å². The normalized spacial score (nSPS) is 10.9. The van der Waals surface area contributed by atoms with Gasteiger partial charge in [0, 0.05) is 37.2 Å². The van der Waals surface area contributed by atoms with E-state index >= 15 is 0 Å². The summed E-state index contributed by atoms with van der Waals surface area (Å²) in [7, 11) is 0. The lowest BCUT2D eigenvalue weighted by Gasteiger charge is -2.03. The highest BCUT2D eigenvalue weighted by Crippen LogP contribution is 2.16. The number of aliphatic hydroxyl groups excluding tert-OH is 3. The zero-order valence-electron chi connectivity index (χ0n) is 41.0. The highest BCUT2D eigenvalue weighted by Gasteiger charge is 1.97. The summed E-state index contributed by atoms with van der Waals surface area (Å²) in [5.74, 6) is 0. The van der Waals surface area contributed by atoms with Crippen molar-refractivity contribution in [3.63, 3.8) is 0 Å². The molecule has 58 heavy (non-hydrogen) atoms. The Morgan fingerprint density at radius 2 is 0.241 bits per heavy atom. The van der Waals surface area contributed by atoms with E-state index in [1.165, 1.54) is 289 Å². The molecule has 0 amide bonds. The lowest BCUT2D eigenvalue weighted by atomic mass is 10.0. The van der Waals surface area contributed by atoms with E-state index in [1.807, 2.05) is 0 Å². The van der Waals surface area contributed by atoms with Crippen molar-refractivity contribution in [2.24, 2.45) is 0 Å². The first-order valence-corrected chi connectivity index (χ1v) is 27.1. The Hall–Kier alpha value is 0.412. The van der Waals surface area contributed by atoms with Crippen molar-refractivity contribution in [2.75, 3.05) is 19.8 Å². The molecular formula is C54H114AlO3. The molecule has 3 N–H and O–H groups in total. The van der Waals surface area contributed by atoms with Gasteiger partial charge in [-0.1, -0.05) is 310 Å². The van der Waals surface area contributed by atoms with Crippen LogP contribution in [0.1, 0.15) is 329 Å². The van der Waals surface area contributed by atoms with Gasteiger partial charge in [-0.3, -0.25) is 0 Å². The second kappa shape index (κ2) is 69.1. The Morgan fingerprint density at radius 3 is 0.328 bits per heavy atom. The highest BCUT2D eigenvalue weighted by atomic mass is 27.0. The summed E-state index contributed by atoms with van der Waals surface area (Å²) in [5, 5.41) is 26.0. The summed E-state index contributed by atoms with van der Waals surface area (Å²) in [6.07, 6.45) is 66.5. The van der Waals surface area contributed by atoms with Crippen molar-refractivity contribution in [2.45, 2.75) is 329 Å². The van der Waals surface area contributed by atoms with Gasteiger partial charge in [0.15, 0.2) is 0 Å². The minimum atomic E-state index is 0. The Kier molecular flexibility index (Phi) is 77.5. The largest absolute Gasteiger partial charge is 0.396 e. The smallest absolute Gasteiger partial charge is 0.0431 e. The topological polar surface area (TPSA) is 60.7 Å². The molecular weight excluding hydrogens is 724 g/mol. The predicted octanol–water partition coefficient (Wildman–Crippen LogP) is 18.3. The third-order valence-electron chi connectivity index (χ3n) is 12.0. The summed E-state index contributed by atoms with van der Waals surface area (Å²) in [6, 6.07) is 0. The van der Waals surface area contributed by atoms with Crippen LogP contribution in [0, 0.1) is 0 Å². The monoisotopic (exact) mass is 838 g/mol. The number of hydrogen-bond donors (Lipinski definition) is 3. The molecule has 3 radical (unpaired) electrons. The molecule has 0 aromatic carbocycles. The van der Waals surface area contributed by atoms with Crippen molar-refractivity contribution in [3.8, 4) is 0 Å². The van der Waals surface area contributed by atoms with Gasteiger partial charge in [0.1, 0.15) is 0 Å². The lowest BCUT2D eigenvalue weighted by Crippen LogP contribution is -1.85. The van der Waals surface area contributed by atoms with Crippen molar-refractivity contribution < 1.29 is 15.3 Å². The van der Waals surface area contributed by atoms with Crippen LogP contribution in [0.15, 0.2) is 0 Å². The number of rotatable bonds is 48. The van der Waals surface area contributed by atoms with Crippen molar-refractivity contribution >= 4 is 17.4 Å². The molecule has 351 valence electrons. The molecule has 0 aliphatic carbocycles. The summed E-state index contributed by atoms with van der Waals surface area (Å²) < 4.78 is 0. The molecule has 0 atom stereocenters. The van der Waals surface area contributed by atoms with Crippen LogP contribution in [0.25, 0.3) is 0 Å². The Labute approximate surface area is 379 Å². The van der Waals surface area contributed by atoms with Gasteiger partial charge < -0.3 is 15.3 Å². The minimum Gasteiger partial charge on any atom is -0.396 e. The Morgan fingerprint density at radius 1 is 0.155 bits per heavy atom. The first kappa shape index (κ1) is 65.0. The molecule has 0 aromatic rings. The van der Waals surface area contributed by atoms with Crippen LogP contribution in [0.5, 0.6) is 0 Å². The predicted molar refractivity (Wildman–Crippen MR) is 266 cm³/mol. The first-order chi connectivity index (χ1) is 28.2. The SMILES string of the molecule is CCCCCCCCCCCCCCCCCCO.CCCCCCCCCCCCCCCCCCO.CCCCCCCCCCCCCCCCCCO.[Al]. The lowest BCUT2D eigenvalue weighted by molar-refractivity contribution is 0.282.